The molecule has 4 amide bonds. The Bertz CT molecular complexity index is 1120. The van der Waals surface area contributed by atoms with Gasteiger partial charge in [0.15, 0.2) is 0 Å². The summed E-state index contributed by atoms with van der Waals surface area (Å²) in [5, 5.41) is 17.9. The first-order chi connectivity index (χ1) is 17.5. The summed E-state index contributed by atoms with van der Waals surface area (Å²) in [5.74, 6) is -4.12. The summed E-state index contributed by atoms with van der Waals surface area (Å²) in [7, 11) is 0. The predicted molar refractivity (Wildman–Crippen MR) is 136 cm³/mol. The van der Waals surface area contributed by atoms with Crippen molar-refractivity contribution in [3.63, 3.8) is 0 Å². The number of nitrogens with two attached hydrogens (primary N) is 3. The predicted octanol–water partition coefficient (Wildman–Crippen LogP) is -1.40. The van der Waals surface area contributed by atoms with Crippen LogP contribution in [0.4, 0.5) is 0 Å². The maximum atomic E-state index is 13.2. The van der Waals surface area contributed by atoms with Gasteiger partial charge in [-0.3, -0.25) is 19.2 Å². The van der Waals surface area contributed by atoms with Gasteiger partial charge in [0, 0.05) is 23.5 Å². The molecule has 4 unspecified atom stereocenters. The molecule has 13 heteroatoms. The van der Waals surface area contributed by atoms with Crippen LogP contribution in [0.2, 0.25) is 0 Å². The third kappa shape index (κ3) is 8.88. The molecule has 37 heavy (non-hydrogen) atoms. The van der Waals surface area contributed by atoms with Gasteiger partial charge in [0.05, 0.1) is 12.5 Å². The number of para-hydroxylation sites is 1. The van der Waals surface area contributed by atoms with Crippen LogP contribution in [-0.4, -0.2) is 70.4 Å². The summed E-state index contributed by atoms with van der Waals surface area (Å²) in [6, 6.07) is 2.74. The smallest absolute Gasteiger partial charge is 0.326 e. The maximum absolute atomic E-state index is 13.2. The molecule has 13 nitrogen and oxygen atoms in total. The number of hydrogen-bond acceptors (Lipinski definition) is 7. The number of carboxylic acids is 1. The number of hydrogen-bond donors (Lipinski definition) is 8. The van der Waals surface area contributed by atoms with Crippen LogP contribution in [0.1, 0.15) is 38.2 Å². The van der Waals surface area contributed by atoms with Gasteiger partial charge in [-0.05, 0) is 44.4 Å². The molecule has 0 aliphatic rings. The van der Waals surface area contributed by atoms with Gasteiger partial charge >= 0.3 is 5.97 Å². The lowest BCUT2D eigenvalue weighted by atomic mass is 10.0. The van der Waals surface area contributed by atoms with Crippen molar-refractivity contribution in [2.24, 2.45) is 17.2 Å². The number of aromatic nitrogens is 1. The number of fused-ring (bicyclic) bond motifs is 1. The number of carbonyl (C=O) groups is 5. The van der Waals surface area contributed by atoms with Gasteiger partial charge in [0.25, 0.3) is 0 Å². The molecule has 202 valence electrons. The number of H-pyrrole nitrogens is 1. The van der Waals surface area contributed by atoms with Crippen molar-refractivity contribution >= 4 is 40.5 Å². The van der Waals surface area contributed by atoms with Crippen LogP contribution in [0.25, 0.3) is 10.9 Å². The van der Waals surface area contributed by atoms with Gasteiger partial charge in [-0.25, -0.2) is 4.79 Å². The number of carbonyl (C=O) groups excluding carboxylic acids is 4. The van der Waals surface area contributed by atoms with Crippen molar-refractivity contribution in [2.45, 2.75) is 63.2 Å². The lowest BCUT2D eigenvalue weighted by Gasteiger charge is -2.24. The van der Waals surface area contributed by atoms with E-state index in [1.165, 1.54) is 6.92 Å². The van der Waals surface area contributed by atoms with Crippen molar-refractivity contribution < 1.29 is 29.1 Å². The highest BCUT2D eigenvalue weighted by atomic mass is 16.4. The second-order valence-corrected chi connectivity index (χ2v) is 8.82. The standard InChI is InChI=1S/C24H35N7O6/c1-13(29-22(34)16(26)11-20(27)32)21(33)31-19(10-14-12-28-17-7-3-2-6-15(14)17)23(35)30-18(24(36)37)8-4-5-9-25/h2-3,6-7,12-13,16,18-19,28H,4-5,8-11,25-26H2,1H3,(H2,27,32)(H,29,34)(H,30,35)(H,31,33)(H,36,37). The third-order valence-corrected chi connectivity index (χ3v) is 5.80. The SMILES string of the molecule is CC(NC(=O)C(N)CC(N)=O)C(=O)NC(Cc1c[nH]c2ccccc12)C(=O)NC(CCCCN)C(=O)O. The first-order valence-electron chi connectivity index (χ1n) is 12.0. The van der Waals surface area contributed by atoms with Crippen molar-refractivity contribution in [1.29, 1.82) is 0 Å². The van der Waals surface area contributed by atoms with Crippen LogP contribution in [0.5, 0.6) is 0 Å². The van der Waals surface area contributed by atoms with Gasteiger partial charge < -0.3 is 43.2 Å². The summed E-state index contributed by atoms with van der Waals surface area (Å²) in [6.45, 7) is 1.78. The number of aromatic amines is 1. The largest absolute Gasteiger partial charge is 0.480 e. The molecular formula is C24H35N7O6. The van der Waals surface area contributed by atoms with E-state index in [4.69, 9.17) is 17.2 Å². The molecule has 0 fully saturated rings. The van der Waals surface area contributed by atoms with Gasteiger partial charge in [0.1, 0.15) is 18.1 Å². The number of primary amides is 1. The molecule has 0 saturated carbocycles. The van der Waals surface area contributed by atoms with Crippen LogP contribution in [0.3, 0.4) is 0 Å². The molecule has 1 heterocycles. The number of amides is 4. The Morgan fingerprint density at radius 2 is 1.65 bits per heavy atom. The molecule has 4 atom stereocenters. The van der Waals surface area contributed by atoms with E-state index in [1.807, 2.05) is 24.3 Å². The second kappa shape index (κ2) is 13.9. The zero-order chi connectivity index (χ0) is 27.5. The Hall–Kier alpha value is -3.97. The van der Waals surface area contributed by atoms with Crippen LogP contribution in [0.15, 0.2) is 30.5 Å². The minimum absolute atomic E-state index is 0.0541. The third-order valence-electron chi connectivity index (χ3n) is 5.80. The van der Waals surface area contributed by atoms with E-state index in [2.05, 4.69) is 20.9 Å². The molecule has 2 rings (SSSR count). The molecule has 2 aromatic rings. The number of carboxylic acid groups (broad SMARTS) is 1. The highest BCUT2D eigenvalue weighted by Gasteiger charge is 2.29. The lowest BCUT2D eigenvalue weighted by molar-refractivity contribution is -0.142. The van der Waals surface area contributed by atoms with E-state index in [9.17, 15) is 29.1 Å². The molecule has 0 saturated heterocycles. The molecule has 1 aromatic heterocycles. The Morgan fingerprint density at radius 3 is 2.30 bits per heavy atom. The Kier molecular flexibility index (Phi) is 11.0. The summed E-state index contributed by atoms with van der Waals surface area (Å²) < 4.78 is 0. The van der Waals surface area contributed by atoms with Gasteiger partial charge in [-0.1, -0.05) is 18.2 Å². The number of nitrogens with one attached hydrogen (secondary N) is 4. The average molecular weight is 518 g/mol. The summed E-state index contributed by atoms with van der Waals surface area (Å²) in [6.07, 6.45) is 2.65. The molecule has 0 aliphatic carbocycles. The highest BCUT2D eigenvalue weighted by Crippen LogP contribution is 2.19. The van der Waals surface area contributed by atoms with Gasteiger partial charge in [-0.2, -0.15) is 0 Å². The van der Waals surface area contributed by atoms with E-state index in [1.54, 1.807) is 6.20 Å². The van der Waals surface area contributed by atoms with E-state index in [0.29, 0.717) is 19.4 Å². The summed E-state index contributed by atoms with van der Waals surface area (Å²) >= 11 is 0. The van der Waals surface area contributed by atoms with Crippen molar-refractivity contribution in [2.75, 3.05) is 6.54 Å². The number of benzene rings is 1. The number of aliphatic carboxylic acids is 1. The highest BCUT2D eigenvalue weighted by molar-refractivity contribution is 5.95. The van der Waals surface area contributed by atoms with Crippen molar-refractivity contribution in [1.82, 2.24) is 20.9 Å². The fourth-order valence-corrected chi connectivity index (χ4v) is 3.74. The van der Waals surface area contributed by atoms with Crippen LogP contribution >= 0.6 is 0 Å². The molecule has 0 bridgehead atoms. The monoisotopic (exact) mass is 517 g/mol. The van der Waals surface area contributed by atoms with E-state index >= 15 is 0 Å². The van der Waals surface area contributed by atoms with E-state index in [-0.39, 0.29) is 12.8 Å². The fraction of sp³-hybridized carbons (Fsp3) is 0.458. The van der Waals surface area contributed by atoms with E-state index in [0.717, 1.165) is 16.5 Å². The fourth-order valence-electron chi connectivity index (χ4n) is 3.74. The molecule has 1 aromatic carbocycles. The zero-order valence-corrected chi connectivity index (χ0v) is 20.7. The van der Waals surface area contributed by atoms with Crippen LogP contribution in [0, 0.1) is 0 Å². The van der Waals surface area contributed by atoms with Gasteiger partial charge in [-0.15, -0.1) is 0 Å². The average Bonchev–Trinajstić information content (AvgIpc) is 3.25. The second-order valence-electron chi connectivity index (χ2n) is 8.82. The van der Waals surface area contributed by atoms with E-state index < -0.39 is 60.2 Å². The summed E-state index contributed by atoms with van der Waals surface area (Å²) in [5.41, 5.74) is 17.7. The Morgan fingerprint density at radius 1 is 0.973 bits per heavy atom. The molecule has 0 aliphatic heterocycles. The zero-order valence-electron chi connectivity index (χ0n) is 20.7. The first kappa shape index (κ1) is 29.3. The lowest BCUT2D eigenvalue weighted by Crippen LogP contribution is -2.57. The minimum Gasteiger partial charge on any atom is -0.480 e. The number of rotatable bonds is 15. The first-order valence-corrected chi connectivity index (χ1v) is 12.0. The Labute approximate surface area is 213 Å². The van der Waals surface area contributed by atoms with Gasteiger partial charge in [0.2, 0.25) is 23.6 Å². The summed E-state index contributed by atoms with van der Waals surface area (Å²) in [4.78, 5) is 64.1. The minimum atomic E-state index is -1.23. The van der Waals surface area contributed by atoms with Crippen molar-refractivity contribution in [3.05, 3.63) is 36.0 Å². The molecule has 11 N–H and O–H groups in total. The number of unbranched alkanes of at least 4 members (excludes halogenated alkanes) is 1. The molecule has 0 radical (unpaired) electrons. The molecular weight excluding hydrogens is 482 g/mol. The topological polar surface area (TPSA) is 236 Å². The quantitative estimate of drug-likeness (QED) is 0.130. The van der Waals surface area contributed by atoms with Crippen molar-refractivity contribution in [3.8, 4) is 0 Å². The van der Waals surface area contributed by atoms with Crippen LogP contribution in [-0.2, 0) is 30.4 Å². The normalized spacial score (nSPS) is 14.2. The molecule has 0 spiro atoms. The maximum Gasteiger partial charge on any atom is 0.326 e. The Balaban J connectivity index is 2.19. The van der Waals surface area contributed by atoms with Crippen LogP contribution < -0.4 is 33.2 Å².